The van der Waals surface area contributed by atoms with Crippen molar-refractivity contribution in [2.24, 2.45) is 0 Å². The Labute approximate surface area is 144 Å². The lowest BCUT2D eigenvalue weighted by atomic mass is 10.1. The molecule has 6 nitrogen and oxygen atoms in total. The van der Waals surface area contributed by atoms with Gasteiger partial charge in [-0.05, 0) is 18.2 Å². The molecule has 0 saturated carbocycles. The maximum atomic E-state index is 13.1. The van der Waals surface area contributed by atoms with Gasteiger partial charge in [-0.3, -0.25) is 10.1 Å². The molecule has 1 heterocycles. The van der Waals surface area contributed by atoms with Crippen LogP contribution >= 0.6 is 12.4 Å². The summed E-state index contributed by atoms with van der Waals surface area (Å²) in [5.74, 6) is -2.47. The Balaban J connectivity index is 0.00000288. The number of nitrogens with one attached hydrogen (secondary N) is 2. The standard InChI is InChI=1S/C15H20F2N2O4.ClH/c1-22-9-3-4-13(23-2)10(5-9)12(20)7-18-14(21)11-6-15(16,17)8-19-11;/h3-5,11-12,19-20H,6-8H2,1-2H3,(H,18,21);1H. The summed E-state index contributed by atoms with van der Waals surface area (Å²) in [5.41, 5.74) is 0.442. The van der Waals surface area contributed by atoms with Gasteiger partial charge in [0.05, 0.1) is 32.9 Å². The summed E-state index contributed by atoms with van der Waals surface area (Å²) in [6, 6.07) is 3.96. The van der Waals surface area contributed by atoms with Crippen LogP contribution in [0.15, 0.2) is 18.2 Å². The van der Waals surface area contributed by atoms with Crippen molar-refractivity contribution in [2.75, 3.05) is 27.3 Å². The Kier molecular flexibility index (Phi) is 7.19. The highest BCUT2D eigenvalue weighted by Crippen LogP contribution is 2.29. The number of ether oxygens (including phenoxy) is 2. The number of rotatable bonds is 6. The van der Waals surface area contributed by atoms with Crippen LogP contribution in [0.25, 0.3) is 0 Å². The second-order valence-corrected chi connectivity index (χ2v) is 5.36. The van der Waals surface area contributed by atoms with Gasteiger partial charge < -0.3 is 19.9 Å². The Bertz CT molecular complexity index is 574. The lowest BCUT2D eigenvalue weighted by molar-refractivity contribution is -0.123. The van der Waals surface area contributed by atoms with Crippen LogP contribution in [-0.4, -0.2) is 50.3 Å². The molecule has 1 amide bonds. The molecule has 1 aliphatic rings. The van der Waals surface area contributed by atoms with Crippen LogP contribution in [-0.2, 0) is 4.79 Å². The molecule has 0 radical (unpaired) electrons. The molecule has 1 fully saturated rings. The first-order valence-electron chi connectivity index (χ1n) is 7.15. The zero-order valence-electron chi connectivity index (χ0n) is 13.3. The third-order valence-electron chi connectivity index (χ3n) is 3.69. The molecular formula is C15H21ClF2N2O4. The molecule has 0 bridgehead atoms. The van der Waals surface area contributed by atoms with Crippen LogP contribution in [0.4, 0.5) is 8.78 Å². The number of aliphatic hydroxyl groups excluding tert-OH is 1. The van der Waals surface area contributed by atoms with E-state index in [9.17, 15) is 18.7 Å². The van der Waals surface area contributed by atoms with E-state index in [-0.39, 0.29) is 19.0 Å². The molecule has 2 atom stereocenters. The van der Waals surface area contributed by atoms with Crippen LogP contribution < -0.4 is 20.1 Å². The monoisotopic (exact) mass is 366 g/mol. The number of halogens is 3. The summed E-state index contributed by atoms with van der Waals surface area (Å²) in [6.07, 6.45) is -1.59. The number of hydrogen-bond acceptors (Lipinski definition) is 5. The second kappa shape index (κ2) is 8.46. The number of aliphatic hydroxyl groups is 1. The Morgan fingerprint density at radius 2 is 2.17 bits per heavy atom. The molecule has 0 spiro atoms. The fraction of sp³-hybridized carbons (Fsp3) is 0.533. The van der Waals surface area contributed by atoms with E-state index in [0.717, 1.165) is 0 Å². The van der Waals surface area contributed by atoms with Crippen molar-refractivity contribution >= 4 is 18.3 Å². The van der Waals surface area contributed by atoms with Crippen molar-refractivity contribution in [3.05, 3.63) is 23.8 Å². The van der Waals surface area contributed by atoms with Crippen LogP contribution in [0, 0.1) is 0 Å². The van der Waals surface area contributed by atoms with Gasteiger partial charge in [-0.2, -0.15) is 0 Å². The summed E-state index contributed by atoms with van der Waals surface area (Å²) in [6.45, 7) is -0.635. The average Bonchev–Trinajstić information content (AvgIpc) is 2.91. The highest BCUT2D eigenvalue weighted by molar-refractivity contribution is 5.85. The van der Waals surface area contributed by atoms with Crippen molar-refractivity contribution in [1.82, 2.24) is 10.6 Å². The first kappa shape index (κ1) is 20.4. The molecular weight excluding hydrogens is 346 g/mol. The molecule has 24 heavy (non-hydrogen) atoms. The molecule has 1 aliphatic heterocycles. The number of alkyl halides is 2. The van der Waals surface area contributed by atoms with Gasteiger partial charge in [-0.25, -0.2) is 8.78 Å². The number of amides is 1. The lowest BCUT2D eigenvalue weighted by Crippen LogP contribution is -2.41. The summed E-state index contributed by atoms with van der Waals surface area (Å²) >= 11 is 0. The maximum absolute atomic E-state index is 13.1. The van der Waals surface area contributed by atoms with Crippen molar-refractivity contribution in [2.45, 2.75) is 24.5 Å². The first-order valence-corrected chi connectivity index (χ1v) is 7.15. The molecule has 1 aromatic carbocycles. The molecule has 1 saturated heterocycles. The number of benzene rings is 1. The van der Waals surface area contributed by atoms with Gasteiger partial charge in [0.1, 0.15) is 11.5 Å². The van der Waals surface area contributed by atoms with Crippen LogP contribution in [0.3, 0.4) is 0 Å². The molecule has 2 rings (SSSR count). The first-order chi connectivity index (χ1) is 10.9. The predicted octanol–water partition coefficient (Wildman–Crippen LogP) is 1.27. The zero-order valence-corrected chi connectivity index (χ0v) is 14.2. The SMILES string of the molecule is COc1ccc(OC)c(C(O)CNC(=O)C2CC(F)(F)CN2)c1.Cl. The van der Waals surface area contributed by atoms with E-state index in [4.69, 9.17) is 9.47 Å². The van der Waals surface area contributed by atoms with E-state index in [1.54, 1.807) is 18.2 Å². The summed E-state index contributed by atoms with van der Waals surface area (Å²) in [4.78, 5) is 11.9. The van der Waals surface area contributed by atoms with Crippen molar-refractivity contribution < 1.29 is 28.2 Å². The molecule has 136 valence electrons. The Morgan fingerprint density at radius 3 is 2.71 bits per heavy atom. The Hall–Kier alpha value is -1.64. The zero-order chi connectivity index (χ0) is 17.0. The van der Waals surface area contributed by atoms with Crippen molar-refractivity contribution in [3.63, 3.8) is 0 Å². The quantitative estimate of drug-likeness (QED) is 0.706. The number of carbonyl (C=O) groups is 1. The highest BCUT2D eigenvalue weighted by atomic mass is 35.5. The van der Waals surface area contributed by atoms with E-state index < -0.39 is 36.9 Å². The predicted molar refractivity (Wildman–Crippen MR) is 86.1 cm³/mol. The van der Waals surface area contributed by atoms with Crippen molar-refractivity contribution in [3.8, 4) is 11.5 Å². The molecule has 1 aromatic rings. The average molecular weight is 367 g/mol. The van der Waals surface area contributed by atoms with Gasteiger partial charge in [-0.1, -0.05) is 0 Å². The smallest absolute Gasteiger partial charge is 0.262 e. The molecule has 3 N–H and O–H groups in total. The van der Waals surface area contributed by atoms with E-state index in [0.29, 0.717) is 17.1 Å². The second-order valence-electron chi connectivity index (χ2n) is 5.36. The summed E-state index contributed by atoms with van der Waals surface area (Å²) in [5, 5.41) is 15.2. The van der Waals surface area contributed by atoms with Crippen LogP contribution in [0.1, 0.15) is 18.1 Å². The molecule has 0 aromatic heterocycles. The van der Waals surface area contributed by atoms with Gasteiger partial charge >= 0.3 is 0 Å². The third kappa shape index (κ3) is 4.93. The van der Waals surface area contributed by atoms with Gasteiger partial charge in [-0.15, -0.1) is 12.4 Å². The van der Waals surface area contributed by atoms with Crippen molar-refractivity contribution in [1.29, 1.82) is 0 Å². The minimum Gasteiger partial charge on any atom is -0.497 e. The normalized spacial score (nSPS) is 20.0. The molecule has 9 heteroatoms. The molecule has 2 unspecified atom stereocenters. The minimum atomic E-state index is -2.88. The fourth-order valence-electron chi connectivity index (χ4n) is 2.43. The summed E-state index contributed by atoms with van der Waals surface area (Å²) in [7, 11) is 2.95. The van der Waals surface area contributed by atoms with Gasteiger partial charge in [0.15, 0.2) is 0 Å². The van der Waals surface area contributed by atoms with E-state index in [1.807, 2.05) is 0 Å². The highest BCUT2D eigenvalue weighted by Gasteiger charge is 2.42. The molecule has 0 aliphatic carbocycles. The van der Waals surface area contributed by atoms with Gasteiger partial charge in [0.25, 0.3) is 5.92 Å². The minimum absolute atomic E-state index is 0. The number of carbonyl (C=O) groups excluding carboxylic acids is 1. The maximum Gasteiger partial charge on any atom is 0.262 e. The van der Waals surface area contributed by atoms with Crippen LogP contribution in [0.5, 0.6) is 11.5 Å². The topological polar surface area (TPSA) is 79.8 Å². The lowest BCUT2D eigenvalue weighted by Gasteiger charge is -2.18. The number of hydrogen-bond donors (Lipinski definition) is 3. The largest absolute Gasteiger partial charge is 0.497 e. The van der Waals surface area contributed by atoms with E-state index in [1.165, 1.54) is 14.2 Å². The van der Waals surface area contributed by atoms with Gasteiger partial charge in [0, 0.05) is 18.5 Å². The fourth-order valence-corrected chi connectivity index (χ4v) is 2.43. The third-order valence-corrected chi connectivity index (χ3v) is 3.69. The van der Waals surface area contributed by atoms with Gasteiger partial charge in [0.2, 0.25) is 5.91 Å². The van der Waals surface area contributed by atoms with E-state index >= 15 is 0 Å². The number of methoxy groups -OCH3 is 2. The van der Waals surface area contributed by atoms with Crippen LogP contribution in [0.2, 0.25) is 0 Å². The summed E-state index contributed by atoms with van der Waals surface area (Å²) < 4.78 is 36.4. The van der Waals surface area contributed by atoms with E-state index in [2.05, 4.69) is 10.6 Å². The Morgan fingerprint density at radius 1 is 1.46 bits per heavy atom.